The highest BCUT2D eigenvalue weighted by Crippen LogP contribution is 2.32. The van der Waals surface area contributed by atoms with E-state index in [-0.39, 0.29) is 5.91 Å². The van der Waals surface area contributed by atoms with Crippen molar-refractivity contribution in [3.05, 3.63) is 11.0 Å². The van der Waals surface area contributed by atoms with Gasteiger partial charge in [0.1, 0.15) is 0 Å². The fourth-order valence-electron chi connectivity index (χ4n) is 0.353. The van der Waals surface area contributed by atoms with Gasteiger partial charge in [-0.1, -0.05) is 21.6 Å². The Balaban J connectivity index is 2.57. The molecule has 2 nitrogen and oxygen atoms in total. The first-order valence-electron chi connectivity index (χ1n) is 2.08. The number of rotatable bonds is 1. The van der Waals surface area contributed by atoms with Gasteiger partial charge < -0.3 is 5.73 Å². The van der Waals surface area contributed by atoms with Gasteiger partial charge in [-0.25, -0.2) is 0 Å². The van der Waals surface area contributed by atoms with Crippen LogP contribution in [0.5, 0.6) is 0 Å². The molecule has 0 spiro atoms. The van der Waals surface area contributed by atoms with Crippen molar-refractivity contribution in [2.24, 2.45) is 5.73 Å². The second-order valence-corrected chi connectivity index (χ2v) is 3.60. The number of primary amides is 1. The highest BCUT2D eigenvalue weighted by Gasteiger charge is 2.09. The second-order valence-electron chi connectivity index (χ2n) is 1.37. The molecule has 0 aromatic rings. The van der Waals surface area contributed by atoms with Gasteiger partial charge in [0.25, 0.3) is 0 Å². The van der Waals surface area contributed by atoms with Crippen molar-refractivity contribution < 1.29 is 4.79 Å². The molecule has 1 aliphatic heterocycles. The molecule has 8 heavy (non-hydrogen) atoms. The number of nitrogens with two attached hydrogens (primary N) is 1. The van der Waals surface area contributed by atoms with Crippen LogP contribution in [-0.2, 0) is 4.79 Å². The van der Waals surface area contributed by atoms with Crippen molar-refractivity contribution in [1.82, 2.24) is 0 Å². The average molecular weight is 147 g/mol. The Hall–Kier alpha value is -0.0900. The Kier molecular flexibility index (Phi) is 1.85. The molecule has 0 aliphatic carbocycles. The summed E-state index contributed by atoms with van der Waals surface area (Å²) < 4.78 is 0. The lowest BCUT2D eigenvalue weighted by Gasteiger charge is -1.87. The van der Waals surface area contributed by atoms with E-state index >= 15 is 0 Å². The van der Waals surface area contributed by atoms with Crippen molar-refractivity contribution in [1.29, 1.82) is 0 Å². The minimum Gasteiger partial charge on any atom is -0.366 e. The Morgan fingerprint density at radius 3 is 2.88 bits per heavy atom. The zero-order chi connectivity index (χ0) is 5.98. The lowest BCUT2D eigenvalue weighted by Crippen LogP contribution is -2.13. The van der Waals surface area contributed by atoms with E-state index in [9.17, 15) is 4.79 Å². The first-order valence-corrected chi connectivity index (χ1v) is 4.46. The van der Waals surface area contributed by atoms with E-state index in [1.807, 2.05) is 0 Å². The maximum Gasteiger partial charge on any atom is 0.246 e. The van der Waals surface area contributed by atoms with Gasteiger partial charge in [0.2, 0.25) is 5.91 Å². The summed E-state index contributed by atoms with van der Waals surface area (Å²) in [5.74, 6) is 0.475. The third kappa shape index (κ3) is 1.20. The Morgan fingerprint density at radius 2 is 2.62 bits per heavy atom. The van der Waals surface area contributed by atoms with Gasteiger partial charge in [-0.3, -0.25) is 4.79 Å². The van der Waals surface area contributed by atoms with Crippen LogP contribution in [0, 0.1) is 0 Å². The van der Waals surface area contributed by atoms with Crippen LogP contribution in [0.4, 0.5) is 0 Å². The minimum absolute atomic E-state index is 0.289. The smallest absolute Gasteiger partial charge is 0.246 e. The maximum absolute atomic E-state index is 10.3. The van der Waals surface area contributed by atoms with E-state index in [4.69, 9.17) is 5.73 Å². The summed E-state index contributed by atoms with van der Waals surface area (Å²) in [7, 11) is 3.20. The van der Waals surface area contributed by atoms with Crippen LogP contribution in [0.3, 0.4) is 0 Å². The van der Waals surface area contributed by atoms with Gasteiger partial charge in [-0.2, -0.15) is 0 Å². The number of carbonyl (C=O) groups excluding carboxylic acids is 1. The molecule has 1 aliphatic rings. The molecule has 0 fully saturated rings. The Labute approximate surface area is 55.3 Å². The van der Waals surface area contributed by atoms with Gasteiger partial charge in [-0.05, 0) is 5.41 Å². The third-order valence-electron chi connectivity index (χ3n) is 0.789. The molecule has 0 atom stereocenters. The van der Waals surface area contributed by atoms with Crippen LogP contribution in [0.1, 0.15) is 0 Å². The molecule has 1 rings (SSSR count). The Bertz CT molecular complexity index is 143. The molecular formula is C4H5NOS2. The van der Waals surface area contributed by atoms with Gasteiger partial charge in [0.05, 0.1) is 0 Å². The first kappa shape index (κ1) is 6.04. The van der Waals surface area contributed by atoms with Crippen LogP contribution in [0.15, 0.2) is 11.0 Å². The Morgan fingerprint density at radius 1 is 1.88 bits per heavy atom. The van der Waals surface area contributed by atoms with Crippen molar-refractivity contribution in [2.75, 3.05) is 5.75 Å². The fourth-order valence-corrected chi connectivity index (χ4v) is 2.40. The van der Waals surface area contributed by atoms with E-state index in [0.717, 1.165) is 11.3 Å². The summed E-state index contributed by atoms with van der Waals surface area (Å²) in [5.41, 5.74) is 5.70. The molecule has 0 aromatic heterocycles. The van der Waals surface area contributed by atoms with E-state index in [1.165, 1.54) is 0 Å². The van der Waals surface area contributed by atoms with Gasteiger partial charge >= 0.3 is 0 Å². The predicted molar refractivity (Wildman–Crippen MR) is 37.3 cm³/mol. The minimum atomic E-state index is -0.289. The third-order valence-corrected chi connectivity index (χ3v) is 2.79. The summed E-state index contributed by atoms with van der Waals surface area (Å²) in [6.45, 7) is 0. The van der Waals surface area contributed by atoms with Crippen LogP contribution in [0.25, 0.3) is 0 Å². The molecule has 0 radical (unpaired) electrons. The maximum atomic E-state index is 10.3. The van der Waals surface area contributed by atoms with E-state index in [1.54, 1.807) is 27.0 Å². The molecule has 1 heterocycles. The first-order chi connectivity index (χ1) is 3.80. The number of carbonyl (C=O) groups is 1. The zero-order valence-corrected chi connectivity index (χ0v) is 5.72. The normalized spacial score (nSPS) is 18.2. The topological polar surface area (TPSA) is 43.1 Å². The monoisotopic (exact) mass is 147 g/mol. The summed E-state index contributed by atoms with van der Waals surface area (Å²) >= 11 is 0. The number of hydrogen-bond donors (Lipinski definition) is 1. The fraction of sp³-hybridized carbons (Fsp3) is 0.250. The lowest BCUT2D eigenvalue weighted by atomic mass is 10.3. The van der Waals surface area contributed by atoms with Crippen LogP contribution in [-0.4, -0.2) is 11.7 Å². The van der Waals surface area contributed by atoms with Crippen LogP contribution >= 0.6 is 21.6 Å². The summed E-state index contributed by atoms with van der Waals surface area (Å²) in [5, 5.41) is 1.80. The number of amides is 1. The zero-order valence-electron chi connectivity index (χ0n) is 4.09. The molecule has 0 saturated heterocycles. The highest BCUT2D eigenvalue weighted by atomic mass is 33.1. The molecule has 1 amide bonds. The van der Waals surface area contributed by atoms with Crippen molar-refractivity contribution in [3.8, 4) is 0 Å². The molecule has 0 aromatic carbocycles. The standard InChI is InChI=1S/C4H5NOS2/c5-4(6)3-1-7-8-2-3/h1H,2H2,(H2,5,6). The van der Waals surface area contributed by atoms with Gasteiger partial charge in [0, 0.05) is 11.3 Å². The quantitative estimate of drug-likeness (QED) is 0.556. The van der Waals surface area contributed by atoms with Crippen molar-refractivity contribution in [3.63, 3.8) is 0 Å². The SMILES string of the molecule is NC(=O)C1=CSSC1. The van der Waals surface area contributed by atoms with Gasteiger partial charge in [0.15, 0.2) is 0 Å². The predicted octanol–water partition coefficient (Wildman–Crippen LogP) is 0.751. The highest BCUT2D eigenvalue weighted by molar-refractivity contribution is 8.78. The molecular weight excluding hydrogens is 142 g/mol. The van der Waals surface area contributed by atoms with Crippen molar-refractivity contribution >= 4 is 27.5 Å². The van der Waals surface area contributed by atoms with Crippen LogP contribution < -0.4 is 5.73 Å². The van der Waals surface area contributed by atoms with Crippen LogP contribution in [0.2, 0.25) is 0 Å². The summed E-state index contributed by atoms with van der Waals surface area (Å²) in [4.78, 5) is 10.3. The molecule has 0 unspecified atom stereocenters. The largest absolute Gasteiger partial charge is 0.366 e. The van der Waals surface area contributed by atoms with E-state index < -0.39 is 0 Å². The summed E-state index contributed by atoms with van der Waals surface area (Å²) in [6, 6.07) is 0. The molecule has 44 valence electrons. The lowest BCUT2D eigenvalue weighted by molar-refractivity contribution is -0.114. The van der Waals surface area contributed by atoms with E-state index in [2.05, 4.69) is 0 Å². The van der Waals surface area contributed by atoms with E-state index in [0.29, 0.717) is 0 Å². The average Bonchev–Trinajstić information content (AvgIpc) is 2.12. The second kappa shape index (κ2) is 2.46. The summed E-state index contributed by atoms with van der Waals surface area (Å²) in [6.07, 6.45) is 0. The van der Waals surface area contributed by atoms with Gasteiger partial charge in [-0.15, -0.1) is 0 Å². The molecule has 2 N–H and O–H groups in total. The number of hydrogen-bond acceptors (Lipinski definition) is 3. The van der Waals surface area contributed by atoms with Crippen molar-refractivity contribution in [2.45, 2.75) is 0 Å². The molecule has 0 bridgehead atoms. The molecule has 4 heteroatoms. The molecule has 0 saturated carbocycles.